The van der Waals surface area contributed by atoms with Crippen molar-refractivity contribution >= 4 is 33.8 Å². The van der Waals surface area contributed by atoms with Gasteiger partial charge in [-0.2, -0.15) is 0 Å². The predicted molar refractivity (Wildman–Crippen MR) is 87.8 cm³/mol. The number of carbonyl (C=O) groups excluding carboxylic acids is 3. The van der Waals surface area contributed by atoms with E-state index in [0.717, 1.165) is 12.1 Å². The molecule has 0 unspecified atom stereocenters. The third-order valence-corrected chi connectivity index (χ3v) is 3.67. The molecule has 1 aromatic rings. The van der Waals surface area contributed by atoms with Gasteiger partial charge in [0.2, 0.25) is 0 Å². The average molecular weight is 404 g/mol. The molecule has 24 heavy (non-hydrogen) atoms. The van der Waals surface area contributed by atoms with Crippen molar-refractivity contribution in [3.63, 3.8) is 0 Å². The minimum atomic E-state index is -0.807. The minimum Gasteiger partial charge on any atom is -0.467 e. The standard InChI is InChI=1S/C16H19BrFNO5/c1-9(2)6-13(16(22)23-3)19-14(20)8-24-15(21)11-5-4-10(18)7-12(11)17/h4-5,7,9,13H,6,8H2,1-3H3,(H,19,20)/t13-/m0/s1. The van der Waals surface area contributed by atoms with Crippen molar-refractivity contribution in [2.75, 3.05) is 13.7 Å². The Hall–Kier alpha value is -1.96. The van der Waals surface area contributed by atoms with Crippen LogP contribution in [0.15, 0.2) is 22.7 Å². The van der Waals surface area contributed by atoms with Crippen molar-refractivity contribution in [3.05, 3.63) is 34.1 Å². The van der Waals surface area contributed by atoms with E-state index in [1.54, 1.807) is 0 Å². The van der Waals surface area contributed by atoms with Crippen LogP contribution in [-0.2, 0) is 19.1 Å². The van der Waals surface area contributed by atoms with Crippen molar-refractivity contribution < 1.29 is 28.2 Å². The lowest BCUT2D eigenvalue weighted by Crippen LogP contribution is -2.44. The van der Waals surface area contributed by atoms with Crippen LogP contribution in [0.2, 0.25) is 0 Å². The minimum absolute atomic E-state index is 0.0934. The van der Waals surface area contributed by atoms with Gasteiger partial charge in [-0.15, -0.1) is 0 Å². The Balaban J connectivity index is 2.60. The number of amides is 1. The molecule has 1 amide bonds. The number of carbonyl (C=O) groups is 3. The van der Waals surface area contributed by atoms with Gasteiger partial charge in [0.25, 0.3) is 5.91 Å². The van der Waals surface area contributed by atoms with Gasteiger partial charge in [0.1, 0.15) is 11.9 Å². The van der Waals surface area contributed by atoms with Crippen molar-refractivity contribution in [3.8, 4) is 0 Å². The highest BCUT2D eigenvalue weighted by molar-refractivity contribution is 9.10. The summed E-state index contributed by atoms with van der Waals surface area (Å²) in [6.07, 6.45) is 0.399. The van der Waals surface area contributed by atoms with E-state index in [4.69, 9.17) is 4.74 Å². The Morgan fingerprint density at radius 1 is 1.29 bits per heavy atom. The van der Waals surface area contributed by atoms with Gasteiger partial charge >= 0.3 is 11.9 Å². The molecule has 0 aliphatic carbocycles. The summed E-state index contributed by atoms with van der Waals surface area (Å²) < 4.78 is 22.7. The Kier molecular flexibility index (Phi) is 7.84. The molecular formula is C16H19BrFNO5. The van der Waals surface area contributed by atoms with E-state index in [2.05, 4.69) is 26.0 Å². The quantitative estimate of drug-likeness (QED) is 0.707. The molecule has 6 nitrogen and oxygen atoms in total. The summed E-state index contributed by atoms with van der Waals surface area (Å²) in [7, 11) is 1.23. The van der Waals surface area contributed by atoms with Crippen LogP contribution in [0, 0.1) is 11.7 Å². The highest BCUT2D eigenvalue weighted by Crippen LogP contribution is 2.18. The average Bonchev–Trinajstić information content (AvgIpc) is 2.50. The van der Waals surface area contributed by atoms with Gasteiger partial charge in [0, 0.05) is 4.47 Å². The van der Waals surface area contributed by atoms with Crippen LogP contribution >= 0.6 is 15.9 Å². The summed E-state index contributed by atoms with van der Waals surface area (Å²) in [6.45, 7) is 3.23. The molecule has 1 rings (SSSR count). The van der Waals surface area contributed by atoms with E-state index in [9.17, 15) is 18.8 Å². The number of rotatable bonds is 7. The fourth-order valence-corrected chi connectivity index (χ4v) is 2.44. The molecule has 8 heteroatoms. The summed E-state index contributed by atoms with van der Waals surface area (Å²) in [5, 5.41) is 2.47. The van der Waals surface area contributed by atoms with Gasteiger partial charge in [0.15, 0.2) is 6.61 Å². The summed E-state index contributed by atoms with van der Waals surface area (Å²) in [6, 6.07) is 2.67. The van der Waals surface area contributed by atoms with E-state index >= 15 is 0 Å². The summed E-state index contributed by atoms with van der Waals surface area (Å²) in [5.41, 5.74) is 0.0934. The number of halogens is 2. The molecule has 0 aliphatic rings. The van der Waals surface area contributed by atoms with Crippen molar-refractivity contribution in [1.82, 2.24) is 5.32 Å². The Morgan fingerprint density at radius 2 is 1.96 bits per heavy atom. The smallest absolute Gasteiger partial charge is 0.339 e. The molecule has 0 bridgehead atoms. The summed E-state index contributed by atoms with van der Waals surface area (Å²) in [5.74, 6) is -2.32. The van der Waals surface area contributed by atoms with Crippen molar-refractivity contribution in [2.24, 2.45) is 5.92 Å². The number of esters is 2. The maximum Gasteiger partial charge on any atom is 0.339 e. The second-order valence-corrected chi connectivity index (χ2v) is 6.33. The number of hydrogen-bond acceptors (Lipinski definition) is 5. The first-order chi connectivity index (χ1) is 11.2. The molecular weight excluding hydrogens is 385 g/mol. The molecule has 0 aliphatic heterocycles. The number of hydrogen-bond donors (Lipinski definition) is 1. The maximum absolute atomic E-state index is 13.0. The highest BCUT2D eigenvalue weighted by Gasteiger charge is 2.23. The maximum atomic E-state index is 13.0. The van der Waals surface area contributed by atoms with Crippen molar-refractivity contribution in [1.29, 1.82) is 0 Å². The van der Waals surface area contributed by atoms with Gasteiger partial charge in [-0.25, -0.2) is 14.0 Å². The lowest BCUT2D eigenvalue weighted by Gasteiger charge is -2.18. The largest absolute Gasteiger partial charge is 0.467 e. The van der Waals surface area contributed by atoms with E-state index in [1.165, 1.54) is 13.2 Å². The molecule has 1 N–H and O–H groups in total. The topological polar surface area (TPSA) is 81.7 Å². The van der Waals surface area contributed by atoms with Crippen LogP contribution in [0.3, 0.4) is 0 Å². The van der Waals surface area contributed by atoms with E-state index < -0.39 is 36.3 Å². The van der Waals surface area contributed by atoms with Gasteiger partial charge in [0.05, 0.1) is 12.7 Å². The molecule has 0 heterocycles. The zero-order chi connectivity index (χ0) is 18.3. The van der Waals surface area contributed by atoms with Gasteiger partial charge in [-0.1, -0.05) is 13.8 Å². The van der Waals surface area contributed by atoms with Crippen LogP contribution in [0.5, 0.6) is 0 Å². The normalized spacial score (nSPS) is 11.8. The molecule has 132 valence electrons. The molecule has 1 atom stereocenters. The van der Waals surface area contributed by atoms with E-state index in [0.29, 0.717) is 6.42 Å². The number of nitrogens with one attached hydrogen (secondary N) is 1. The molecule has 1 aromatic carbocycles. The first kappa shape index (κ1) is 20.1. The summed E-state index contributed by atoms with van der Waals surface area (Å²) in [4.78, 5) is 35.4. The summed E-state index contributed by atoms with van der Waals surface area (Å²) >= 11 is 3.05. The molecule has 0 radical (unpaired) electrons. The van der Waals surface area contributed by atoms with Crippen LogP contribution < -0.4 is 5.32 Å². The third-order valence-electron chi connectivity index (χ3n) is 3.01. The monoisotopic (exact) mass is 403 g/mol. The molecule has 0 spiro atoms. The van der Waals surface area contributed by atoms with Gasteiger partial charge < -0.3 is 14.8 Å². The zero-order valence-corrected chi connectivity index (χ0v) is 15.2. The van der Waals surface area contributed by atoms with E-state index in [1.807, 2.05) is 13.8 Å². The fourth-order valence-electron chi connectivity index (χ4n) is 1.93. The Bertz CT molecular complexity index is 620. The number of ether oxygens (including phenoxy) is 2. The number of benzene rings is 1. The number of methoxy groups -OCH3 is 1. The molecule has 0 saturated heterocycles. The van der Waals surface area contributed by atoms with Gasteiger partial charge in [-0.3, -0.25) is 4.79 Å². The predicted octanol–water partition coefficient (Wildman–Crippen LogP) is 2.45. The van der Waals surface area contributed by atoms with Crippen LogP contribution in [-0.4, -0.2) is 37.6 Å². The zero-order valence-electron chi connectivity index (χ0n) is 13.6. The second-order valence-electron chi connectivity index (χ2n) is 5.47. The highest BCUT2D eigenvalue weighted by atomic mass is 79.9. The van der Waals surface area contributed by atoms with Crippen LogP contribution in [0.4, 0.5) is 4.39 Å². The lowest BCUT2D eigenvalue weighted by molar-refractivity contribution is -0.145. The second kappa shape index (κ2) is 9.36. The first-order valence-corrected chi connectivity index (χ1v) is 8.03. The van der Waals surface area contributed by atoms with Crippen LogP contribution in [0.25, 0.3) is 0 Å². The Morgan fingerprint density at radius 3 is 2.50 bits per heavy atom. The molecule has 0 fully saturated rings. The SMILES string of the molecule is COC(=O)[C@H](CC(C)C)NC(=O)COC(=O)c1ccc(F)cc1Br. The lowest BCUT2D eigenvalue weighted by atomic mass is 10.0. The van der Waals surface area contributed by atoms with Gasteiger partial charge in [-0.05, 0) is 46.5 Å². The third kappa shape index (κ3) is 6.27. The fraction of sp³-hybridized carbons (Fsp3) is 0.438. The van der Waals surface area contributed by atoms with Crippen LogP contribution in [0.1, 0.15) is 30.6 Å². The molecule has 0 saturated carbocycles. The Labute approximate surface area is 147 Å². The van der Waals surface area contributed by atoms with Crippen molar-refractivity contribution in [2.45, 2.75) is 26.3 Å². The van der Waals surface area contributed by atoms with E-state index in [-0.39, 0.29) is 16.0 Å². The first-order valence-electron chi connectivity index (χ1n) is 7.24. The molecule has 0 aromatic heterocycles.